The summed E-state index contributed by atoms with van der Waals surface area (Å²) in [6.45, 7) is 16.9. The summed E-state index contributed by atoms with van der Waals surface area (Å²) in [5, 5.41) is 12.6. The molecule has 0 aliphatic carbocycles. The van der Waals surface area contributed by atoms with Gasteiger partial charge in [-0.15, -0.1) is 0 Å². The smallest absolute Gasteiger partial charge is 0.326 e. The van der Waals surface area contributed by atoms with Gasteiger partial charge in [0.1, 0.15) is 12.1 Å². The Hall–Kier alpha value is -2.42. The predicted molar refractivity (Wildman–Crippen MR) is 148 cm³/mol. The average molecular weight is 535 g/mol. The van der Waals surface area contributed by atoms with Crippen molar-refractivity contribution in [3.8, 4) is 0 Å². The van der Waals surface area contributed by atoms with Crippen LogP contribution >= 0.6 is 0 Å². The molecule has 3 amide bonds. The van der Waals surface area contributed by atoms with Crippen LogP contribution in [-0.4, -0.2) is 93.8 Å². The molecule has 4 atom stereocenters. The zero-order valence-electron chi connectivity index (χ0n) is 24.9. The highest BCUT2D eigenvalue weighted by molar-refractivity contribution is 5.96. The first-order valence-corrected chi connectivity index (χ1v) is 14.1. The van der Waals surface area contributed by atoms with E-state index in [1.54, 1.807) is 24.9 Å². The molecular formula is C29H50N4O5. The van der Waals surface area contributed by atoms with Crippen LogP contribution in [0.5, 0.6) is 0 Å². The first-order valence-electron chi connectivity index (χ1n) is 14.1. The molecule has 2 heterocycles. The molecule has 2 saturated heterocycles. The van der Waals surface area contributed by atoms with Gasteiger partial charge in [-0.2, -0.15) is 0 Å². The number of rotatable bonds is 9. The number of hydrogen-bond donors (Lipinski definition) is 2. The van der Waals surface area contributed by atoms with Crippen LogP contribution in [0.25, 0.3) is 0 Å². The largest absolute Gasteiger partial charge is 0.480 e. The lowest BCUT2D eigenvalue weighted by Gasteiger charge is -2.41. The highest BCUT2D eigenvalue weighted by atomic mass is 16.4. The third kappa shape index (κ3) is 7.58. The Kier molecular flexibility index (Phi) is 11.0. The fourth-order valence-corrected chi connectivity index (χ4v) is 5.66. The van der Waals surface area contributed by atoms with Gasteiger partial charge in [-0.05, 0) is 64.3 Å². The van der Waals surface area contributed by atoms with Crippen molar-refractivity contribution in [3.63, 3.8) is 0 Å². The van der Waals surface area contributed by atoms with E-state index in [1.165, 1.54) is 4.90 Å². The molecule has 38 heavy (non-hydrogen) atoms. The molecule has 0 spiro atoms. The highest BCUT2D eigenvalue weighted by Crippen LogP contribution is 2.26. The number of piperidine rings is 1. The number of carboxylic acids is 1. The molecule has 0 bridgehead atoms. The van der Waals surface area contributed by atoms with Crippen LogP contribution in [0.2, 0.25) is 0 Å². The minimum Gasteiger partial charge on any atom is -0.480 e. The summed E-state index contributed by atoms with van der Waals surface area (Å²) >= 11 is 0. The Morgan fingerprint density at radius 1 is 0.974 bits per heavy atom. The van der Waals surface area contributed by atoms with Gasteiger partial charge in [0.2, 0.25) is 17.7 Å². The summed E-state index contributed by atoms with van der Waals surface area (Å²) in [5.41, 5.74) is -0.110. The van der Waals surface area contributed by atoms with Crippen LogP contribution in [0.15, 0.2) is 11.6 Å². The second-order valence-electron chi connectivity index (χ2n) is 12.7. The van der Waals surface area contributed by atoms with E-state index in [4.69, 9.17) is 0 Å². The molecule has 2 rings (SSSR count). The Balaban J connectivity index is 2.27. The van der Waals surface area contributed by atoms with Crippen molar-refractivity contribution in [2.45, 2.75) is 118 Å². The fourth-order valence-electron chi connectivity index (χ4n) is 5.66. The molecule has 216 valence electrons. The third-order valence-electron chi connectivity index (χ3n) is 7.94. The number of carboxylic acid groups (broad SMARTS) is 1. The van der Waals surface area contributed by atoms with E-state index in [9.17, 15) is 24.3 Å². The monoisotopic (exact) mass is 534 g/mol. The van der Waals surface area contributed by atoms with E-state index in [1.807, 2.05) is 34.6 Å². The third-order valence-corrected chi connectivity index (χ3v) is 7.94. The van der Waals surface area contributed by atoms with Crippen LogP contribution < -0.4 is 5.32 Å². The molecule has 2 fully saturated rings. The van der Waals surface area contributed by atoms with Gasteiger partial charge in [0.15, 0.2) is 0 Å². The summed E-state index contributed by atoms with van der Waals surface area (Å²) < 4.78 is 0. The van der Waals surface area contributed by atoms with E-state index in [0.29, 0.717) is 25.0 Å². The average Bonchev–Trinajstić information content (AvgIpc) is 3.33. The fraction of sp³-hybridized carbons (Fsp3) is 0.793. The van der Waals surface area contributed by atoms with Crippen LogP contribution in [0.4, 0.5) is 0 Å². The van der Waals surface area contributed by atoms with Crippen molar-refractivity contribution in [2.75, 3.05) is 20.1 Å². The number of carbonyl (C=O) groups is 4. The summed E-state index contributed by atoms with van der Waals surface area (Å²) in [6, 6.07) is -1.97. The number of hydrogen-bond acceptors (Lipinski definition) is 5. The molecule has 0 aromatic rings. The summed E-state index contributed by atoms with van der Waals surface area (Å²) in [5.74, 6) is -1.64. The Bertz CT molecular complexity index is 907. The number of aliphatic carboxylic acids is 1. The van der Waals surface area contributed by atoms with Crippen molar-refractivity contribution in [3.05, 3.63) is 11.6 Å². The van der Waals surface area contributed by atoms with Gasteiger partial charge in [-0.25, -0.2) is 4.79 Å². The molecule has 9 heteroatoms. The van der Waals surface area contributed by atoms with E-state index in [2.05, 4.69) is 24.1 Å². The highest BCUT2D eigenvalue weighted by Gasteiger charge is 2.40. The molecular weight excluding hydrogens is 484 g/mol. The number of carbonyl (C=O) groups excluding carboxylic acids is 3. The maximum Gasteiger partial charge on any atom is 0.326 e. The van der Waals surface area contributed by atoms with Crippen molar-refractivity contribution < 1.29 is 24.3 Å². The van der Waals surface area contributed by atoms with Gasteiger partial charge >= 0.3 is 5.97 Å². The molecule has 0 saturated carbocycles. The Morgan fingerprint density at radius 2 is 1.58 bits per heavy atom. The van der Waals surface area contributed by atoms with Gasteiger partial charge in [-0.3, -0.25) is 19.3 Å². The lowest BCUT2D eigenvalue weighted by molar-refractivity contribution is -0.146. The lowest BCUT2D eigenvalue weighted by atomic mass is 9.84. The first-order chi connectivity index (χ1) is 17.6. The second-order valence-corrected chi connectivity index (χ2v) is 12.7. The normalized spacial score (nSPS) is 22.9. The topological polar surface area (TPSA) is 110 Å². The quantitative estimate of drug-likeness (QED) is 0.439. The Labute approximate surface area is 229 Å². The number of likely N-dealkylation sites (N-methyl/N-ethyl adjacent to an activating group) is 1. The minimum atomic E-state index is -0.992. The first kappa shape index (κ1) is 31.8. The van der Waals surface area contributed by atoms with Crippen molar-refractivity contribution in [1.82, 2.24) is 20.0 Å². The molecule has 0 aromatic heterocycles. The molecule has 9 nitrogen and oxygen atoms in total. The summed E-state index contributed by atoms with van der Waals surface area (Å²) in [6.07, 6.45) is 5.70. The molecule has 2 aliphatic rings. The van der Waals surface area contributed by atoms with Crippen LogP contribution in [0.3, 0.4) is 0 Å². The number of nitrogens with one attached hydrogen (secondary N) is 1. The van der Waals surface area contributed by atoms with Crippen molar-refractivity contribution in [2.24, 2.45) is 11.3 Å². The maximum absolute atomic E-state index is 13.9. The zero-order valence-corrected chi connectivity index (χ0v) is 24.9. The van der Waals surface area contributed by atoms with E-state index < -0.39 is 29.5 Å². The van der Waals surface area contributed by atoms with Gasteiger partial charge < -0.3 is 20.2 Å². The van der Waals surface area contributed by atoms with E-state index in [-0.39, 0.29) is 35.7 Å². The SMILES string of the molecule is CC(=C[C@H](C(C)C)N(C)C(=O)[C@@H](NC(=O)C1CCCCN1C(C)C)C(C)(C)C)C(=O)N1CCC[C@H]1C(=O)O. The summed E-state index contributed by atoms with van der Waals surface area (Å²) in [4.78, 5) is 57.4. The lowest BCUT2D eigenvalue weighted by Crippen LogP contribution is -2.60. The van der Waals surface area contributed by atoms with Gasteiger partial charge in [-0.1, -0.05) is 47.1 Å². The van der Waals surface area contributed by atoms with Crippen molar-refractivity contribution in [1.29, 1.82) is 0 Å². The zero-order chi connectivity index (χ0) is 28.9. The minimum absolute atomic E-state index is 0.00774. The standard InChI is InChI=1S/C29H50N4O5/c1-18(2)23(17-20(5)26(35)33-16-12-14-22(33)28(37)38)31(9)27(36)24(29(6,7)8)30-25(34)21-13-10-11-15-32(21)19(3)4/h17-19,21-24H,10-16H2,1-9H3,(H,30,34)(H,37,38)/t21?,22-,23+,24+/m0/s1. The van der Waals surface area contributed by atoms with Crippen LogP contribution in [0.1, 0.15) is 87.5 Å². The van der Waals surface area contributed by atoms with Gasteiger partial charge in [0.05, 0.1) is 12.1 Å². The van der Waals surface area contributed by atoms with E-state index >= 15 is 0 Å². The van der Waals surface area contributed by atoms with Crippen molar-refractivity contribution >= 4 is 23.7 Å². The molecule has 0 radical (unpaired) electrons. The van der Waals surface area contributed by atoms with Gasteiger partial charge in [0.25, 0.3) is 0 Å². The number of nitrogens with zero attached hydrogens (tertiary/aromatic N) is 3. The number of likely N-dealkylation sites (tertiary alicyclic amines) is 2. The van der Waals surface area contributed by atoms with Gasteiger partial charge in [0, 0.05) is 25.2 Å². The van der Waals surface area contributed by atoms with Crippen LogP contribution in [-0.2, 0) is 19.2 Å². The Morgan fingerprint density at radius 3 is 2.11 bits per heavy atom. The molecule has 2 N–H and O–H groups in total. The molecule has 2 aliphatic heterocycles. The molecule has 0 aromatic carbocycles. The van der Waals surface area contributed by atoms with E-state index in [0.717, 1.165) is 25.8 Å². The number of amides is 3. The predicted octanol–water partition coefficient (Wildman–Crippen LogP) is 3.29. The molecule has 1 unspecified atom stereocenters. The van der Waals surface area contributed by atoms with Crippen LogP contribution in [0, 0.1) is 11.3 Å². The summed E-state index contributed by atoms with van der Waals surface area (Å²) in [7, 11) is 1.71. The second kappa shape index (κ2) is 13.1. The maximum atomic E-state index is 13.9.